The van der Waals surface area contributed by atoms with Gasteiger partial charge >= 0.3 is 6.18 Å². The van der Waals surface area contributed by atoms with Crippen LogP contribution in [0, 0.1) is 0 Å². The third-order valence-corrected chi connectivity index (χ3v) is 7.54. The lowest BCUT2D eigenvalue weighted by molar-refractivity contribution is -0.160. The number of para-hydroxylation sites is 1. The minimum absolute atomic E-state index is 0.123. The van der Waals surface area contributed by atoms with Crippen LogP contribution in [0.15, 0.2) is 54.7 Å². The normalized spacial score (nSPS) is 19.9. The topological polar surface area (TPSA) is 96.0 Å². The number of nitrogens with one attached hydrogen (secondary N) is 1. The maximum absolute atomic E-state index is 13.3. The zero-order valence-corrected chi connectivity index (χ0v) is 20.9. The van der Waals surface area contributed by atoms with Gasteiger partial charge in [-0.05, 0) is 43.2 Å². The number of halogens is 3. The monoisotopic (exact) mass is 530 g/mol. The van der Waals surface area contributed by atoms with Gasteiger partial charge in [-0.2, -0.15) is 18.3 Å². The largest absolute Gasteiger partial charge is 0.406 e. The number of H-pyrrole nitrogens is 1. The van der Waals surface area contributed by atoms with Crippen molar-refractivity contribution in [1.29, 1.82) is 0 Å². The van der Waals surface area contributed by atoms with Crippen LogP contribution in [0.1, 0.15) is 23.2 Å². The molecule has 0 radical (unpaired) electrons. The highest BCUT2D eigenvalue weighted by molar-refractivity contribution is 5.98. The lowest BCUT2D eigenvalue weighted by atomic mass is 9.84. The lowest BCUT2D eigenvalue weighted by Gasteiger charge is -2.46. The number of fused-ring (bicyclic) bond motifs is 1. The van der Waals surface area contributed by atoms with Crippen LogP contribution in [-0.2, 0) is 4.79 Å². The molecular formula is C26H29F3N6O3. The third-order valence-electron chi connectivity index (χ3n) is 7.54. The van der Waals surface area contributed by atoms with E-state index in [1.54, 1.807) is 23.2 Å². The molecule has 1 aromatic heterocycles. The number of amides is 2. The number of piperidine rings is 1. The maximum Gasteiger partial charge on any atom is 0.406 e. The van der Waals surface area contributed by atoms with Crippen LogP contribution < -0.4 is 4.90 Å². The zero-order valence-electron chi connectivity index (χ0n) is 20.9. The van der Waals surface area contributed by atoms with Crippen molar-refractivity contribution in [3.8, 4) is 0 Å². The molecule has 3 aromatic rings. The summed E-state index contributed by atoms with van der Waals surface area (Å²) < 4.78 is 38.4. The molecule has 1 atom stereocenters. The van der Waals surface area contributed by atoms with Gasteiger partial charge in [0, 0.05) is 36.8 Å². The number of nitrogens with zero attached hydrogens (tertiary/aromatic N) is 5. The summed E-state index contributed by atoms with van der Waals surface area (Å²) in [6, 6.07) is 14.7. The molecule has 0 aliphatic carbocycles. The van der Waals surface area contributed by atoms with Crippen molar-refractivity contribution in [2.45, 2.75) is 30.8 Å². The Morgan fingerprint density at radius 1 is 1.16 bits per heavy atom. The molecule has 2 aliphatic heterocycles. The summed E-state index contributed by atoms with van der Waals surface area (Å²) in [6.07, 6.45) is -3.11. The Morgan fingerprint density at radius 3 is 2.55 bits per heavy atom. The fraction of sp³-hybridized carbons (Fsp3) is 0.423. The van der Waals surface area contributed by atoms with Crippen LogP contribution in [0.4, 0.5) is 18.9 Å². The number of hydrogen-bond donors (Lipinski definition) is 2. The van der Waals surface area contributed by atoms with E-state index in [2.05, 4.69) is 10.2 Å². The summed E-state index contributed by atoms with van der Waals surface area (Å²) in [5.41, 5.74) is 1.40. The summed E-state index contributed by atoms with van der Waals surface area (Å²) in [4.78, 5) is 31.8. The second kappa shape index (κ2) is 9.91. The Bertz CT molecular complexity index is 1310. The second-order valence-corrected chi connectivity index (χ2v) is 9.96. The van der Waals surface area contributed by atoms with Gasteiger partial charge in [-0.1, -0.05) is 18.2 Å². The number of rotatable bonds is 5. The van der Waals surface area contributed by atoms with Crippen LogP contribution in [0.5, 0.6) is 0 Å². The Labute approximate surface area is 217 Å². The molecule has 2 aliphatic rings. The average molecular weight is 531 g/mol. The Kier molecular flexibility index (Phi) is 6.78. The molecule has 0 saturated carbocycles. The molecule has 2 fully saturated rings. The van der Waals surface area contributed by atoms with Crippen LogP contribution in [0.25, 0.3) is 10.9 Å². The van der Waals surface area contributed by atoms with Gasteiger partial charge in [0.15, 0.2) is 0 Å². The summed E-state index contributed by atoms with van der Waals surface area (Å²) in [5.74, 6) is -0.851. The first-order valence-electron chi connectivity index (χ1n) is 12.4. The van der Waals surface area contributed by atoms with E-state index >= 15 is 0 Å². The first-order valence-corrected chi connectivity index (χ1v) is 12.4. The van der Waals surface area contributed by atoms with E-state index in [9.17, 15) is 27.9 Å². The van der Waals surface area contributed by atoms with Gasteiger partial charge in [-0.25, -0.2) is 4.90 Å². The number of aliphatic hydroxyl groups excluding tert-OH is 1. The molecule has 0 bridgehead atoms. The summed E-state index contributed by atoms with van der Waals surface area (Å²) >= 11 is 0. The number of aromatic nitrogens is 2. The molecule has 2 aromatic carbocycles. The van der Waals surface area contributed by atoms with Crippen molar-refractivity contribution in [3.63, 3.8) is 0 Å². The van der Waals surface area contributed by atoms with Gasteiger partial charge in [0.1, 0.15) is 12.8 Å². The summed E-state index contributed by atoms with van der Waals surface area (Å²) in [6.45, 7) is -0.796. The van der Waals surface area contributed by atoms with E-state index in [0.717, 1.165) is 23.6 Å². The summed E-state index contributed by atoms with van der Waals surface area (Å²) in [7, 11) is 1.11. The molecule has 202 valence electrons. The number of hydrogen-bond acceptors (Lipinski definition) is 6. The number of benzene rings is 2. The van der Waals surface area contributed by atoms with Crippen molar-refractivity contribution in [2.24, 2.45) is 0 Å². The second-order valence-electron chi connectivity index (χ2n) is 9.96. The number of alkyl halides is 3. The van der Waals surface area contributed by atoms with E-state index in [1.807, 2.05) is 41.3 Å². The van der Waals surface area contributed by atoms with Gasteiger partial charge in [0.05, 0.1) is 30.5 Å². The molecule has 1 spiro atoms. The molecule has 2 saturated heterocycles. The van der Waals surface area contributed by atoms with E-state index in [-0.39, 0.29) is 19.1 Å². The van der Waals surface area contributed by atoms with Gasteiger partial charge < -0.3 is 19.8 Å². The molecule has 12 heteroatoms. The smallest absolute Gasteiger partial charge is 0.376 e. The Morgan fingerprint density at radius 2 is 1.87 bits per heavy atom. The van der Waals surface area contributed by atoms with Gasteiger partial charge in [-0.3, -0.25) is 14.7 Å². The Balaban J connectivity index is 1.34. The standard InChI is InChI=1S/C26H29F3N6O3/c1-32(16-26(27,28)29)22(36)15-34-17-35(20-5-3-2-4-6-20)25(24(34)38)9-11-33(12-10-25)23(37)18-7-8-21-19(13-18)14-30-31-21/h2-8,13-14,24,38H,9-12,15-17H2,1H3,(H,30,31). The lowest BCUT2D eigenvalue weighted by Crippen LogP contribution is -2.59. The quantitative estimate of drug-likeness (QED) is 0.527. The molecule has 1 unspecified atom stereocenters. The van der Waals surface area contributed by atoms with E-state index in [4.69, 9.17) is 0 Å². The van der Waals surface area contributed by atoms with Gasteiger partial charge in [-0.15, -0.1) is 0 Å². The first-order chi connectivity index (χ1) is 18.1. The molecule has 5 rings (SSSR count). The number of likely N-dealkylation sites (N-methyl/N-ethyl adjacent to an activating group) is 1. The maximum atomic E-state index is 13.3. The highest BCUT2D eigenvalue weighted by Crippen LogP contribution is 2.42. The molecule has 9 nitrogen and oxygen atoms in total. The highest BCUT2D eigenvalue weighted by Gasteiger charge is 2.54. The highest BCUT2D eigenvalue weighted by atomic mass is 19.4. The number of aromatic amines is 1. The van der Waals surface area contributed by atoms with Crippen molar-refractivity contribution < 1.29 is 27.9 Å². The minimum atomic E-state index is -4.51. The molecule has 3 heterocycles. The number of likely N-dealkylation sites (tertiary alicyclic amines) is 1. The number of carbonyl (C=O) groups excluding carboxylic acids is 2. The van der Waals surface area contributed by atoms with Crippen LogP contribution in [-0.4, -0.2) is 99.7 Å². The predicted molar refractivity (Wildman–Crippen MR) is 134 cm³/mol. The SMILES string of the molecule is CN(CC(F)(F)F)C(=O)CN1CN(c2ccccc2)C2(CCN(C(=O)c3ccc4[nH]ncc4c3)CC2)C1O. The molecule has 2 N–H and O–H groups in total. The van der Waals surface area contributed by atoms with Crippen molar-refractivity contribution >= 4 is 28.4 Å². The number of anilines is 1. The van der Waals surface area contributed by atoms with Gasteiger partial charge in [0.2, 0.25) is 5.91 Å². The van der Waals surface area contributed by atoms with E-state index in [0.29, 0.717) is 36.4 Å². The minimum Gasteiger partial charge on any atom is -0.376 e. The molecule has 38 heavy (non-hydrogen) atoms. The third kappa shape index (κ3) is 4.93. The van der Waals surface area contributed by atoms with E-state index < -0.39 is 30.4 Å². The first kappa shape index (κ1) is 26.0. The van der Waals surface area contributed by atoms with Crippen molar-refractivity contribution in [2.75, 3.05) is 44.8 Å². The fourth-order valence-corrected chi connectivity index (χ4v) is 5.50. The zero-order chi connectivity index (χ0) is 27.1. The molecule has 2 amide bonds. The number of aliphatic hydroxyl groups is 1. The van der Waals surface area contributed by atoms with Crippen LogP contribution in [0.3, 0.4) is 0 Å². The van der Waals surface area contributed by atoms with Crippen LogP contribution in [0.2, 0.25) is 0 Å². The average Bonchev–Trinajstić information content (AvgIpc) is 3.47. The van der Waals surface area contributed by atoms with E-state index in [1.165, 1.54) is 4.90 Å². The van der Waals surface area contributed by atoms with Crippen molar-refractivity contribution in [3.05, 3.63) is 60.3 Å². The summed E-state index contributed by atoms with van der Waals surface area (Å²) in [5, 5.41) is 19.2. The Hall–Kier alpha value is -3.64. The van der Waals surface area contributed by atoms with Crippen molar-refractivity contribution in [1.82, 2.24) is 24.9 Å². The predicted octanol–water partition coefficient (Wildman–Crippen LogP) is 2.66. The molecular weight excluding hydrogens is 501 g/mol. The fourth-order valence-electron chi connectivity index (χ4n) is 5.50. The number of carbonyl (C=O) groups is 2. The van der Waals surface area contributed by atoms with Crippen LogP contribution >= 0.6 is 0 Å². The van der Waals surface area contributed by atoms with Gasteiger partial charge in [0.25, 0.3) is 5.91 Å².